The number of hydrogen-bond donors (Lipinski definition) is 4. The van der Waals surface area contributed by atoms with Gasteiger partial charge in [0.2, 0.25) is 5.91 Å². The molecule has 1 aliphatic rings. The van der Waals surface area contributed by atoms with E-state index >= 15 is 0 Å². The van der Waals surface area contributed by atoms with Gasteiger partial charge in [-0.05, 0) is 43.7 Å². The van der Waals surface area contributed by atoms with Crippen LogP contribution in [0.25, 0.3) is 10.1 Å². The van der Waals surface area contributed by atoms with Crippen LogP contribution >= 0.6 is 35.3 Å². The Bertz CT molecular complexity index is 774. The number of carbonyl (C=O) groups excluding carboxylic acids is 1. The highest BCUT2D eigenvalue weighted by molar-refractivity contribution is 14.0. The quantitative estimate of drug-likeness (QED) is 0.173. The number of nitrogens with one attached hydrogen (secondary N) is 3. The Morgan fingerprint density at radius 2 is 2.00 bits per heavy atom. The molecule has 2 aromatic rings. The maximum atomic E-state index is 11.8. The number of carbonyl (C=O) groups is 1. The fourth-order valence-corrected chi connectivity index (χ4v) is 4.14. The third-order valence-corrected chi connectivity index (χ3v) is 6.18. The molecule has 0 saturated heterocycles. The van der Waals surface area contributed by atoms with E-state index in [2.05, 4.69) is 33.1 Å². The summed E-state index contributed by atoms with van der Waals surface area (Å²) < 4.78 is 1.18. The highest BCUT2D eigenvalue weighted by atomic mass is 127. The highest BCUT2D eigenvalue weighted by Crippen LogP contribution is 2.29. The predicted molar refractivity (Wildman–Crippen MR) is 131 cm³/mol. The number of nitrogens with zero attached hydrogens (tertiary/aromatic N) is 1. The Morgan fingerprint density at radius 1 is 1.24 bits per heavy atom. The number of thiophene rings is 1. The molecule has 1 unspecified atom stereocenters. The second kappa shape index (κ2) is 12.3. The average molecular weight is 530 g/mol. The molecular formula is C21H31IN4O2S. The van der Waals surface area contributed by atoms with Crippen molar-refractivity contribution in [3.8, 4) is 0 Å². The lowest BCUT2D eigenvalue weighted by atomic mass is 9.85. The summed E-state index contributed by atoms with van der Waals surface area (Å²) in [4.78, 5) is 17.2. The lowest BCUT2D eigenvalue weighted by Crippen LogP contribution is -2.40. The molecule has 0 bridgehead atoms. The number of aliphatic imine (C=N–C) groups is 1. The van der Waals surface area contributed by atoms with Crippen molar-refractivity contribution < 1.29 is 9.90 Å². The van der Waals surface area contributed by atoms with E-state index in [1.807, 2.05) is 25.1 Å². The smallest absolute Gasteiger partial charge is 0.223 e. The molecule has 0 spiro atoms. The molecule has 1 atom stereocenters. The van der Waals surface area contributed by atoms with Crippen molar-refractivity contribution in [3.63, 3.8) is 0 Å². The monoisotopic (exact) mass is 530 g/mol. The molecule has 0 aliphatic heterocycles. The lowest BCUT2D eigenvalue weighted by Gasteiger charge is -2.24. The van der Waals surface area contributed by atoms with Gasteiger partial charge in [0.1, 0.15) is 6.10 Å². The maximum absolute atomic E-state index is 11.8. The Labute approximate surface area is 193 Å². The van der Waals surface area contributed by atoms with E-state index in [9.17, 15) is 9.90 Å². The summed E-state index contributed by atoms with van der Waals surface area (Å²) in [7, 11) is 0. The van der Waals surface area contributed by atoms with Crippen LogP contribution in [-0.4, -0.2) is 43.2 Å². The predicted octanol–water partition coefficient (Wildman–Crippen LogP) is 3.41. The van der Waals surface area contributed by atoms with Crippen molar-refractivity contribution in [1.82, 2.24) is 16.0 Å². The molecule has 160 valence electrons. The molecule has 1 amide bonds. The van der Waals surface area contributed by atoms with Crippen molar-refractivity contribution in [1.29, 1.82) is 0 Å². The minimum absolute atomic E-state index is 0. The Hall–Kier alpha value is -1.39. The number of rotatable bonds is 9. The van der Waals surface area contributed by atoms with Crippen LogP contribution in [0.3, 0.4) is 0 Å². The molecule has 4 N–H and O–H groups in total. The van der Waals surface area contributed by atoms with Gasteiger partial charge in [-0.3, -0.25) is 9.79 Å². The number of aliphatic hydroxyl groups is 1. The molecule has 1 saturated carbocycles. The normalized spacial score (nSPS) is 15.3. The minimum atomic E-state index is -0.616. The standard InChI is InChI=1S/C21H30N4O2S.HI/c1-2-22-21(24-12-6-11-23-20(27)15-8-5-9-15)25-14-17(26)19-13-16-7-3-4-10-18(16)28-19;/h3-4,7,10,13,15,17,26H,2,5-6,8-9,11-12,14H2,1H3,(H,23,27)(H2,22,24,25);1H. The number of hydrogen-bond acceptors (Lipinski definition) is 4. The van der Waals surface area contributed by atoms with Gasteiger partial charge in [0.25, 0.3) is 0 Å². The van der Waals surface area contributed by atoms with Gasteiger partial charge in [0, 0.05) is 35.1 Å². The SMILES string of the molecule is CCNC(=NCC(O)c1cc2ccccc2s1)NCCCNC(=O)C1CCC1.I. The summed E-state index contributed by atoms with van der Waals surface area (Å²) >= 11 is 1.61. The van der Waals surface area contributed by atoms with E-state index in [1.165, 1.54) is 11.1 Å². The van der Waals surface area contributed by atoms with E-state index < -0.39 is 6.10 Å². The average Bonchev–Trinajstić information content (AvgIpc) is 3.08. The van der Waals surface area contributed by atoms with Crippen molar-refractivity contribution in [2.75, 3.05) is 26.2 Å². The minimum Gasteiger partial charge on any atom is -0.386 e. The number of aliphatic hydroxyl groups excluding tert-OH is 1. The van der Waals surface area contributed by atoms with Crippen LogP contribution in [0.5, 0.6) is 0 Å². The fourth-order valence-electron chi connectivity index (χ4n) is 3.10. The summed E-state index contributed by atoms with van der Waals surface area (Å²) in [6.45, 7) is 4.46. The molecule has 8 heteroatoms. The Morgan fingerprint density at radius 3 is 2.69 bits per heavy atom. The first-order valence-corrected chi connectivity index (χ1v) is 11.0. The van der Waals surface area contributed by atoms with Crippen molar-refractivity contribution in [2.24, 2.45) is 10.9 Å². The molecule has 6 nitrogen and oxygen atoms in total. The van der Waals surface area contributed by atoms with Gasteiger partial charge >= 0.3 is 0 Å². The third kappa shape index (κ3) is 7.11. The zero-order valence-electron chi connectivity index (χ0n) is 16.8. The summed E-state index contributed by atoms with van der Waals surface area (Å²) in [5, 5.41) is 21.1. The van der Waals surface area contributed by atoms with E-state index in [-0.39, 0.29) is 35.8 Å². The second-order valence-corrected chi connectivity index (χ2v) is 8.24. The van der Waals surface area contributed by atoms with E-state index in [0.29, 0.717) is 19.0 Å². The van der Waals surface area contributed by atoms with Gasteiger partial charge in [-0.15, -0.1) is 35.3 Å². The molecule has 1 aromatic heterocycles. The van der Waals surface area contributed by atoms with Crippen LogP contribution in [0.4, 0.5) is 0 Å². The molecule has 29 heavy (non-hydrogen) atoms. The lowest BCUT2D eigenvalue weighted by molar-refractivity contribution is -0.127. The van der Waals surface area contributed by atoms with Gasteiger partial charge in [-0.2, -0.15) is 0 Å². The summed E-state index contributed by atoms with van der Waals surface area (Å²) in [5.74, 6) is 1.12. The number of fused-ring (bicyclic) bond motifs is 1. The van der Waals surface area contributed by atoms with Gasteiger partial charge in [-0.25, -0.2) is 0 Å². The molecule has 0 radical (unpaired) electrons. The molecule has 1 fully saturated rings. The third-order valence-electron chi connectivity index (χ3n) is 4.96. The summed E-state index contributed by atoms with van der Waals surface area (Å²) in [6, 6.07) is 10.2. The first kappa shape index (κ1) is 23.9. The Kier molecular flexibility index (Phi) is 10.2. The topological polar surface area (TPSA) is 85.8 Å². The molecule has 1 aliphatic carbocycles. The number of benzene rings is 1. The van der Waals surface area contributed by atoms with Gasteiger partial charge in [-0.1, -0.05) is 24.6 Å². The fraction of sp³-hybridized carbons (Fsp3) is 0.524. The van der Waals surface area contributed by atoms with Crippen LogP contribution < -0.4 is 16.0 Å². The van der Waals surface area contributed by atoms with Gasteiger partial charge in [0.05, 0.1) is 6.54 Å². The van der Waals surface area contributed by atoms with Gasteiger partial charge < -0.3 is 21.1 Å². The number of halogens is 1. The first-order chi connectivity index (χ1) is 13.7. The second-order valence-electron chi connectivity index (χ2n) is 7.12. The first-order valence-electron chi connectivity index (χ1n) is 10.1. The van der Waals surface area contributed by atoms with Crippen LogP contribution in [0, 0.1) is 5.92 Å². The van der Waals surface area contributed by atoms with Crippen molar-refractivity contribution in [3.05, 3.63) is 35.2 Å². The number of guanidine groups is 1. The zero-order valence-corrected chi connectivity index (χ0v) is 20.0. The molecule has 3 rings (SSSR count). The van der Waals surface area contributed by atoms with Crippen LogP contribution in [0.1, 0.15) is 43.6 Å². The molecular weight excluding hydrogens is 499 g/mol. The highest BCUT2D eigenvalue weighted by Gasteiger charge is 2.24. The maximum Gasteiger partial charge on any atom is 0.223 e. The van der Waals surface area contributed by atoms with E-state index in [0.717, 1.165) is 42.6 Å². The molecule has 1 heterocycles. The van der Waals surface area contributed by atoms with E-state index in [1.54, 1.807) is 11.3 Å². The van der Waals surface area contributed by atoms with E-state index in [4.69, 9.17) is 0 Å². The zero-order chi connectivity index (χ0) is 19.8. The van der Waals surface area contributed by atoms with Crippen molar-refractivity contribution in [2.45, 2.75) is 38.7 Å². The van der Waals surface area contributed by atoms with Gasteiger partial charge in [0.15, 0.2) is 5.96 Å². The van der Waals surface area contributed by atoms with Crippen molar-refractivity contribution >= 4 is 57.3 Å². The van der Waals surface area contributed by atoms with Crippen LogP contribution in [0.15, 0.2) is 35.3 Å². The molecule has 1 aromatic carbocycles. The largest absolute Gasteiger partial charge is 0.386 e. The van der Waals surface area contributed by atoms with Crippen LogP contribution in [-0.2, 0) is 4.79 Å². The number of amides is 1. The Balaban J connectivity index is 0.00000300. The summed E-state index contributed by atoms with van der Waals surface area (Å²) in [6.07, 6.45) is 3.46. The summed E-state index contributed by atoms with van der Waals surface area (Å²) in [5.41, 5.74) is 0. The van der Waals surface area contributed by atoms with Crippen LogP contribution in [0.2, 0.25) is 0 Å².